The third kappa shape index (κ3) is 3.18. The van der Waals surface area contributed by atoms with Gasteiger partial charge in [0.05, 0.1) is 18.6 Å². The van der Waals surface area contributed by atoms with E-state index in [1.54, 1.807) is 0 Å². The van der Waals surface area contributed by atoms with Gasteiger partial charge in [-0.3, -0.25) is 4.99 Å². The third-order valence-corrected chi connectivity index (χ3v) is 4.29. The summed E-state index contributed by atoms with van der Waals surface area (Å²) in [6, 6.07) is -0.900. The molecule has 0 aromatic rings. The number of thioether (sulfide) groups is 1. The van der Waals surface area contributed by atoms with Gasteiger partial charge in [0.15, 0.2) is 11.3 Å². The van der Waals surface area contributed by atoms with Crippen LogP contribution in [0.5, 0.6) is 0 Å². The Labute approximate surface area is 116 Å². The van der Waals surface area contributed by atoms with Gasteiger partial charge in [-0.1, -0.05) is 11.8 Å². The molecule has 0 aromatic heterocycles. The van der Waals surface area contributed by atoms with Crippen molar-refractivity contribution < 1.29 is 32.5 Å². The maximum absolute atomic E-state index is 14.0. The van der Waals surface area contributed by atoms with E-state index < -0.39 is 48.6 Å². The minimum atomic E-state index is -4.62. The van der Waals surface area contributed by atoms with Gasteiger partial charge in [-0.2, -0.15) is 13.2 Å². The number of amidine groups is 1. The van der Waals surface area contributed by atoms with Crippen molar-refractivity contribution >= 4 is 16.9 Å². The van der Waals surface area contributed by atoms with Crippen molar-refractivity contribution in [2.45, 2.75) is 48.6 Å². The SMILES string of the molecule is CN=C1NC2C(OC(C(O)CC(F)(F)F)C(O)C2F)S1. The normalized spacial score (nSPS) is 41.4. The van der Waals surface area contributed by atoms with Crippen LogP contribution < -0.4 is 5.32 Å². The van der Waals surface area contributed by atoms with Crippen LogP contribution in [-0.4, -0.2) is 64.6 Å². The van der Waals surface area contributed by atoms with Crippen molar-refractivity contribution in [2.24, 2.45) is 4.99 Å². The predicted molar refractivity (Wildman–Crippen MR) is 64.1 cm³/mol. The van der Waals surface area contributed by atoms with E-state index >= 15 is 0 Å². The molecule has 2 aliphatic rings. The zero-order valence-corrected chi connectivity index (χ0v) is 11.2. The number of rotatable bonds is 2. The Kier molecular flexibility index (Phi) is 4.47. The number of halogens is 4. The van der Waals surface area contributed by atoms with Crippen LogP contribution in [0, 0.1) is 0 Å². The lowest BCUT2D eigenvalue weighted by Gasteiger charge is -2.39. The fourth-order valence-electron chi connectivity index (χ4n) is 2.19. The summed E-state index contributed by atoms with van der Waals surface area (Å²) < 4.78 is 56.0. The van der Waals surface area contributed by atoms with Crippen molar-refractivity contribution in [3.63, 3.8) is 0 Å². The molecule has 3 N–H and O–H groups in total. The Morgan fingerprint density at radius 2 is 2.15 bits per heavy atom. The Morgan fingerprint density at radius 1 is 1.50 bits per heavy atom. The third-order valence-electron chi connectivity index (χ3n) is 3.13. The van der Waals surface area contributed by atoms with Crippen molar-refractivity contribution in [1.82, 2.24) is 5.32 Å². The largest absolute Gasteiger partial charge is 0.391 e. The molecule has 20 heavy (non-hydrogen) atoms. The Bertz CT molecular complexity index is 395. The number of aliphatic imine (C=N–C) groups is 1. The lowest BCUT2D eigenvalue weighted by Crippen LogP contribution is -2.60. The molecule has 0 radical (unpaired) electrons. The maximum Gasteiger partial charge on any atom is 0.391 e. The number of aliphatic hydroxyl groups is 2. The Morgan fingerprint density at radius 3 is 2.70 bits per heavy atom. The quantitative estimate of drug-likeness (QED) is 0.643. The summed E-state index contributed by atoms with van der Waals surface area (Å²) in [5.41, 5.74) is -0.833. The van der Waals surface area contributed by atoms with E-state index in [-0.39, 0.29) is 0 Å². The molecule has 0 bridgehead atoms. The average Bonchev–Trinajstić information content (AvgIpc) is 2.74. The van der Waals surface area contributed by atoms with Gasteiger partial charge < -0.3 is 20.3 Å². The number of hydrogen-bond acceptors (Lipinski definition) is 5. The van der Waals surface area contributed by atoms with Gasteiger partial charge in [0.1, 0.15) is 17.6 Å². The molecule has 2 aliphatic heterocycles. The standard InChI is InChI=1S/C10H14F4N2O3S/c1-15-9-16-5-4(11)6(18)7(19-8(5)20-9)3(17)2-10(12,13)14/h3-8,17-18H,2H2,1H3,(H,15,16). The lowest BCUT2D eigenvalue weighted by atomic mass is 9.94. The van der Waals surface area contributed by atoms with Gasteiger partial charge in [-0.25, -0.2) is 4.39 Å². The van der Waals surface area contributed by atoms with Gasteiger partial charge in [0, 0.05) is 7.05 Å². The van der Waals surface area contributed by atoms with Crippen LogP contribution in [0.1, 0.15) is 6.42 Å². The summed E-state index contributed by atoms with van der Waals surface area (Å²) in [7, 11) is 1.46. The molecule has 0 aromatic carbocycles. The zero-order chi connectivity index (χ0) is 15.1. The van der Waals surface area contributed by atoms with Crippen molar-refractivity contribution in [2.75, 3.05) is 7.05 Å². The van der Waals surface area contributed by atoms with E-state index in [0.717, 1.165) is 11.8 Å². The molecule has 6 atom stereocenters. The summed E-state index contributed by atoms with van der Waals surface area (Å²) in [5, 5.41) is 22.3. The zero-order valence-electron chi connectivity index (χ0n) is 10.3. The summed E-state index contributed by atoms with van der Waals surface area (Å²) in [5.74, 6) is 0. The van der Waals surface area contributed by atoms with Crippen LogP contribution in [0.3, 0.4) is 0 Å². The molecule has 6 unspecified atom stereocenters. The molecule has 0 saturated carbocycles. The molecule has 0 aliphatic carbocycles. The Hall–Kier alpha value is -0.580. The molecular weight excluding hydrogens is 304 g/mol. The highest BCUT2D eigenvalue weighted by molar-refractivity contribution is 8.14. The molecule has 2 rings (SSSR count). The van der Waals surface area contributed by atoms with Crippen LogP contribution in [0.2, 0.25) is 0 Å². The van der Waals surface area contributed by atoms with Crippen molar-refractivity contribution in [1.29, 1.82) is 0 Å². The summed E-state index contributed by atoms with van der Waals surface area (Å²) in [6.45, 7) is 0. The second-order valence-corrected chi connectivity index (χ2v) is 5.69. The first-order valence-corrected chi connectivity index (χ1v) is 6.73. The molecule has 10 heteroatoms. The van der Waals surface area contributed by atoms with E-state index in [2.05, 4.69) is 10.3 Å². The van der Waals surface area contributed by atoms with Crippen LogP contribution in [0.4, 0.5) is 17.6 Å². The van der Waals surface area contributed by atoms with E-state index in [0.29, 0.717) is 5.17 Å². The first-order valence-electron chi connectivity index (χ1n) is 5.85. The predicted octanol–water partition coefficient (Wildman–Crippen LogP) is 0.414. The molecular formula is C10H14F4N2O3S. The molecule has 2 fully saturated rings. The van der Waals surface area contributed by atoms with Crippen molar-refractivity contribution in [3.8, 4) is 0 Å². The number of hydrogen-bond donors (Lipinski definition) is 3. The molecule has 0 spiro atoms. The summed E-state index contributed by atoms with van der Waals surface area (Å²) >= 11 is 1.01. The highest BCUT2D eigenvalue weighted by Crippen LogP contribution is 2.37. The number of aliphatic hydroxyl groups excluding tert-OH is 2. The summed E-state index contributed by atoms with van der Waals surface area (Å²) in [6.07, 6.45) is -13.5. The van der Waals surface area contributed by atoms with Crippen LogP contribution >= 0.6 is 11.8 Å². The first kappa shape index (κ1) is 15.8. The van der Waals surface area contributed by atoms with Gasteiger partial charge >= 0.3 is 6.18 Å². The maximum atomic E-state index is 14.0. The van der Waals surface area contributed by atoms with E-state index in [1.165, 1.54) is 7.05 Å². The fourth-order valence-corrected chi connectivity index (χ4v) is 3.27. The van der Waals surface area contributed by atoms with Gasteiger partial charge in [-0.05, 0) is 0 Å². The van der Waals surface area contributed by atoms with Gasteiger partial charge in [0.25, 0.3) is 0 Å². The van der Waals surface area contributed by atoms with Crippen LogP contribution in [0.15, 0.2) is 4.99 Å². The number of nitrogens with zero attached hydrogens (tertiary/aromatic N) is 1. The fraction of sp³-hybridized carbons (Fsp3) is 0.900. The molecule has 0 amide bonds. The minimum absolute atomic E-state index is 0.376. The van der Waals surface area contributed by atoms with Gasteiger partial charge in [0.2, 0.25) is 0 Å². The van der Waals surface area contributed by atoms with Crippen molar-refractivity contribution in [3.05, 3.63) is 0 Å². The second kappa shape index (κ2) is 5.66. The van der Waals surface area contributed by atoms with Crippen LogP contribution in [0.25, 0.3) is 0 Å². The highest BCUT2D eigenvalue weighted by Gasteiger charge is 2.53. The Balaban J connectivity index is 2.09. The minimum Gasteiger partial charge on any atom is -0.390 e. The number of alkyl halides is 4. The monoisotopic (exact) mass is 318 g/mol. The second-order valence-electron chi connectivity index (χ2n) is 4.61. The highest BCUT2D eigenvalue weighted by atomic mass is 32.2. The first-order chi connectivity index (χ1) is 9.23. The van der Waals surface area contributed by atoms with E-state index in [9.17, 15) is 27.8 Å². The molecule has 2 saturated heterocycles. The van der Waals surface area contributed by atoms with E-state index in [4.69, 9.17) is 4.74 Å². The average molecular weight is 318 g/mol. The lowest BCUT2D eigenvalue weighted by molar-refractivity contribution is -0.207. The van der Waals surface area contributed by atoms with Gasteiger partial charge in [-0.15, -0.1) is 0 Å². The molecule has 5 nitrogen and oxygen atoms in total. The number of fused-ring (bicyclic) bond motifs is 1. The van der Waals surface area contributed by atoms with E-state index in [1.807, 2.05) is 0 Å². The topological polar surface area (TPSA) is 74.1 Å². The smallest absolute Gasteiger partial charge is 0.390 e. The molecule has 2 heterocycles. The molecule has 116 valence electrons. The van der Waals surface area contributed by atoms with Crippen LogP contribution in [-0.2, 0) is 4.74 Å². The summed E-state index contributed by atoms with van der Waals surface area (Å²) in [4.78, 5) is 3.80. The number of nitrogens with one attached hydrogen (secondary N) is 1. The number of ether oxygens (including phenoxy) is 1.